The number of amides is 1. The summed E-state index contributed by atoms with van der Waals surface area (Å²) < 4.78 is 7.34. The molecule has 140 valence electrons. The van der Waals surface area contributed by atoms with Gasteiger partial charge in [0, 0.05) is 18.5 Å². The summed E-state index contributed by atoms with van der Waals surface area (Å²) in [6.07, 6.45) is 1.99. The quantitative estimate of drug-likeness (QED) is 0.623. The van der Waals surface area contributed by atoms with Crippen molar-refractivity contribution in [1.29, 1.82) is 0 Å². The topological polar surface area (TPSA) is 73.2 Å². The van der Waals surface area contributed by atoms with Crippen molar-refractivity contribution in [1.82, 2.24) is 15.1 Å². The number of benzene rings is 2. The molecular formula is C21H23N3O3. The second-order valence-electron chi connectivity index (χ2n) is 6.31. The molecule has 6 nitrogen and oxygen atoms in total. The van der Waals surface area contributed by atoms with E-state index in [1.165, 1.54) is 6.20 Å². The zero-order valence-corrected chi connectivity index (χ0v) is 15.3. The van der Waals surface area contributed by atoms with E-state index in [0.717, 1.165) is 12.0 Å². The maximum Gasteiger partial charge on any atom is 0.241 e. The minimum atomic E-state index is -0.146. The SMILES string of the molecule is CC(OCCCNC(=O)Cn1ncc(=O)c2ccccc21)c1ccccc1. The van der Waals surface area contributed by atoms with E-state index in [0.29, 0.717) is 24.1 Å². The van der Waals surface area contributed by atoms with Crippen molar-refractivity contribution in [3.05, 3.63) is 76.6 Å². The number of nitrogens with one attached hydrogen (secondary N) is 1. The zero-order chi connectivity index (χ0) is 19.1. The first-order valence-electron chi connectivity index (χ1n) is 9.03. The monoisotopic (exact) mass is 365 g/mol. The highest BCUT2D eigenvalue weighted by Crippen LogP contribution is 2.15. The number of para-hydroxylation sites is 1. The number of fused-ring (bicyclic) bond motifs is 1. The smallest absolute Gasteiger partial charge is 0.241 e. The predicted octanol–water partition coefficient (Wildman–Crippen LogP) is 2.68. The highest BCUT2D eigenvalue weighted by molar-refractivity contribution is 5.81. The predicted molar refractivity (Wildman–Crippen MR) is 104 cm³/mol. The molecule has 27 heavy (non-hydrogen) atoms. The molecule has 1 aromatic heterocycles. The van der Waals surface area contributed by atoms with Crippen molar-refractivity contribution in [2.45, 2.75) is 26.0 Å². The molecule has 0 spiro atoms. The summed E-state index contributed by atoms with van der Waals surface area (Å²) in [5, 5.41) is 7.49. The molecule has 3 rings (SSSR count). The lowest BCUT2D eigenvalue weighted by molar-refractivity contribution is -0.121. The molecule has 0 bridgehead atoms. The lowest BCUT2D eigenvalue weighted by atomic mass is 10.1. The summed E-state index contributed by atoms with van der Waals surface area (Å²) >= 11 is 0. The van der Waals surface area contributed by atoms with E-state index < -0.39 is 0 Å². The molecule has 0 aliphatic carbocycles. The normalized spacial score (nSPS) is 12.0. The Morgan fingerprint density at radius 1 is 1.15 bits per heavy atom. The largest absolute Gasteiger partial charge is 0.374 e. The van der Waals surface area contributed by atoms with Crippen LogP contribution in [0.2, 0.25) is 0 Å². The van der Waals surface area contributed by atoms with Crippen LogP contribution in [0.3, 0.4) is 0 Å². The van der Waals surface area contributed by atoms with Crippen molar-refractivity contribution in [2.75, 3.05) is 13.2 Å². The minimum Gasteiger partial charge on any atom is -0.374 e. The Labute approximate surface area is 157 Å². The summed E-state index contributed by atoms with van der Waals surface area (Å²) in [6, 6.07) is 17.2. The van der Waals surface area contributed by atoms with Crippen LogP contribution in [0.4, 0.5) is 0 Å². The van der Waals surface area contributed by atoms with E-state index in [-0.39, 0.29) is 24.0 Å². The van der Waals surface area contributed by atoms with Gasteiger partial charge in [-0.2, -0.15) is 5.10 Å². The van der Waals surface area contributed by atoms with E-state index in [9.17, 15) is 9.59 Å². The first kappa shape index (κ1) is 18.8. The fourth-order valence-electron chi connectivity index (χ4n) is 2.86. The molecule has 1 amide bonds. The molecule has 1 heterocycles. The number of carbonyl (C=O) groups excluding carboxylic acids is 1. The van der Waals surface area contributed by atoms with Crippen molar-refractivity contribution >= 4 is 16.8 Å². The fourth-order valence-corrected chi connectivity index (χ4v) is 2.86. The maximum absolute atomic E-state index is 12.2. The van der Waals surface area contributed by atoms with Gasteiger partial charge >= 0.3 is 0 Å². The molecule has 1 unspecified atom stereocenters. The Kier molecular flexibility index (Phi) is 6.33. The molecule has 1 atom stereocenters. The highest BCUT2D eigenvalue weighted by atomic mass is 16.5. The van der Waals surface area contributed by atoms with Gasteiger partial charge in [0.05, 0.1) is 17.8 Å². The standard InChI is InChI=1S/C21H23N3O3/c1-16(17-8-3-2-4-9-17)27-13-7-12-22-21(26)15-24-19-11-6-5-10-18(19)20(25)14-23-24/h2-6,8-11,14,16H,7,12-13,15H2,1H3,(H,22,26). The van der Waals surface area contributed by atoms with Crippen molar-refractivity contribution in [3.63, 3.8) is 0 Å². The number of aromatic nitrogens is 2. The summed E-state index contributed by atoms with van der Waals surface area (Å²) in [7, 11) is 0. The zero-order valence-electron chi connectivity index (χ0n) is 15.3. The number of carbonyl (C=O) groups is 1. The first-order valence-corrected chi connectivity index (χ1v) is 9.03. The number of hydrogen-bond acceptors (Lipinski definition) is 4. The van der Waals surface area contributed by atoms with E-state index in [1.807, 2.05) is 43.3 Å². The second-order valence-corrected chi connectivity index (χ2v) is 6.31. The molecule has 0 radical (unpaired) electrons. The molecule has 6 heteroatoms. The Balaban J connectivity index is 1.44. The third-order valence-corrected chi connectivity index (χ3v) is 4.34. The van der Waals surface area contributed by atoms with Crippen LogP contribution >= 0.6 is 0 Å². The lowest BCUT2D eigenvalue weighted by Crippen LogP contribution is -2.30. The van der Waals surface area contributed by atoms with Crippen LogP contribution in [0.1, 0.15) is 25.0 Å². The molecule has 0 fully saturated rings. The molecule has 2 aromatic carbocycles. The third kappa shape index (κ3) is 5.01. The fraction of sp³-hybridized carbons (Fsp3) is 0.286. The highest BCUT2D eigenvalue weighted by Gasteiger charge is 2.08. The Morgan fingerprint density at radius 2 is 1.89 bits per heavy atom. The van der Waals surface area contributed by atoms with Crippen LogP contribution in [0.5, 0.6) is 0 Å². The Morgan fingerprint density at radius 3 is 2.70 bits per heavy atom. The average Bonchev–Trinajstić information content (AvgIpc) is 2.70. The van der Waals surface area contributed by atoms with Crippen LogP contribution in [0.15, 0.2) is 65.6 Å². The summed E-state index contributed by atoms with van der Waals surface area (Å²) in [5.41, 5.74) is 1.64. The summed E-state index contributed by atoms with van der Waals surface area (Å²) in [5.74, 6) is -0.146. The van der Waals surface area contributed by atoms with Gasteiger partial charge in [0.25, 0.3) is 0 Å². The summed E-state index contributed by atoms with van der Waals surface area (Å²) in [4.78, 5) is 24.0. The van der Waals surface area contributed by atoms with Gasteiger partial charge in [0.15, 0.2) is 0 Å². The Hall–Kier alpha value is -2.99. The first-order chi connectivity index (χ1) is 13.1. The third-order valence-electron chi connectivity index (χ3n) is 4.34. The van der Waals surface area contributed by atoms with Gasteiger partial charge < -0.3 is 10.1 Å². The van der Waals surface area contributed by atoms with E-state index in [2.05, 4.69) is 10.4 Å². The van der Waals surface area contributed by atoms with Crippen molar-refractivity contribution in [3.8, 4) is 0 Å². The van der Waals surface area contributed by atoms with Gasteiger partial charge in [-0.3, -0.25) is 14.3 Å². The van der Waals surface area contributed by atoms with Gasteiger partial charge in [-0.25, -0.2) is 0 Å². The molecule has 3 aromatic rings. The maximum atomic E-state index is 12.2. The van der Waals surface area contributed by atoms with Crippen molar-refractivity contribution in [2.24, 2.45) is 0 Å². The van der Waals surface area contributed by atoms with E-state index in [1.54, 1.807) is 22.9 Å². The van der Waals surface area contributed by atoms with Crippen LogP contribution in [0, 0.1) is 0 Å². The van der Waals surface area contributed by atoms with Gasteiger partial charge in [0.1, 0.15) is 6.54 Å². The molecule has 0 aliphatic heterocycles. The van der Waals surface area contributed by atoms with Gasteiger partial charge in [-0.1, -0.05) is 42.5 Å². The number of nitrogens with zero attached hydrogens (tertiary/aromatic N) is 2. The van der Waals surface area contributed by atoms with Gasteiger partial charge in [0.2, 0.25) is 11.3 Å². The Bertz CT molecular complexity index is 954. The second kappa shape index (κ2) is 9.09. The van der Waals surface area contributed by atoms with Crippen LogP contribution in [0.25, 0.3) is 10.9 Å². The summed E-state index contributed by atoms with van der Waals surface area (Å²) in [6.45, 7) is 3.18. The molecule has 0 saturated heterocycles. The lowest BCUT2D eigenvalue weighted by Gasteiger charge is -2.14. The van der Waals surface area contributed by atoms with Crippen LogP contribution in [-0.2, 0) is 16.1 Å². The molecule has 1 N–H and O–H groups in total. The van der Waals surface area contributed by atoms with E-state index >= 15 is 0 Å². The van der Waals surface area contributed by atoms with Crippen LogP contribution < -0.4 is 10.7 Å². The number of rotatable bonds is 8. The minimum absolute atomic E-state index is 0.0265. The van der Waals surface area contributed by atoms with Gasteiger partial charge in [-0.15, -0.1) is 0 Å². The van der Waals surface area contributed by atoms with Gasteiger partial charge in [-0.05, 0) is 31.0 Å². The van der Waals surface area contributed by atoms with Crippen molar-refractivity contribution < 1.29 is 9.53 Å². The molecule has 0 saturated carbocycles. The molecular weight excluding hydrogens is 342 g/mol. The molecule has 0 aliphatic rings. The number of ether oxygens (including phenoxy) is 1. The van der Waals surface area contributed by atoms with Crippen LogP contribution in [-0.4, -0.2) is 28.8 Å². The number of hydrogen-bond donors (Lipinski definition) is 1. The van der Waals surface area contributed by atoms with E-state index in [4.69, 9.17) is 4.74 Å². The average molecular weight is 365 g/mol.